The molecule has 0 bridgehead atoms. The lowest BCUT2D eigenvalue weighted by Gasteiger charge is -2.15. The summed E-state index contributed by atoms with van der Waals surface area (Å²) in [5.74, 6) is -1.16. The van der Waals surface area contributed by atoms with Gasteiger partial charge in [-0.25, -0.2) is 0 Å². The maximum absolute atomic E-state index is 13.2. The monoisotopic (exact) mass is 552 g/mol. The largest absolute Gasteiger partial charge is 0.508 e. The maximum atomic E-state index is 13.2. The second-order valence-electron chi connectivity index (χ2n) is 9.24. The van der Waals surface area contributed by atoms with Gasteiger partial charge in [0.15, 0.2) is 10.9 Å². The first-order valence-electron chi connectivity index (χ1n) is 12.2. The minimum Gasteiger partial charge on any atom is -0.508 e. The van der Waals surface area contributed by atoms with E-state index in [0.29, 0.717) is 11.1 Å². The van der Waals surface area contributed by atoms with Gasteiger partial charge in [-0.15, -0.1) is 0 Å². The first-order valence-corrected chi connectivity index (χ1v) is 12.2. The van der Waals surface area contributed by atoms with E-state index >= 15 is 0 Å². The van der Waals surface area contributed by atoms with Crippen molar-refractivity contribution in [1.82, 2.24) is 0 Å². The minimum absolute atomic E-state index is 0.0116. The van der Waals surface area contributed by atoms with Crippen molar-refractivity contribution < 1.29 is 39.1 Å². The van der Waals surface area contributed by atoms with E-state index in [1.54, 1.807) is 12.1 Å². The molecule has 2 heterocycles. The molecule has 5 N–H and O–H groups in total. The summed E-state index contributed by atoms with van der Waals surface area (Å²) in [6, 6.07) is 16.2. The van der Waals surface area contributed by atoms with Gasteiger partial charge in [-0.1, -0.05) is 0 Å². The number of hydrogen-bond donors (Lipinski definition) is 5. The molecule has 0 saturated carbocycles. The highest BCUT2D eigenvalue weighted by Crippen LogP contribution is 2.47. The van der Waals surface area contributed by atoms with Crippen LogP contribution in [0.3, 0.4) is 0 Å². The molecule has 10 nitrogen and oxygen atoms in total. The van der Waals surface area contributed by atoms with Crippen LogP contribution in [0.2, 0.25) is 0 Å². The molecule has 10 heteroatoms. The molecule has 41 heavy (non-hydrogen) atoms. The fourth-order valence-electron chi connectivity index (χ4n) is 4.75. The SMILES string of the molecule is COc1cc2oc(-c3ccc(O)cc3)cc(=O)c2c(O)c1-c1cc(-c2cc(=O)c3c(O)cc(O)cc3o2)ccc1O. The summed E-state index contributed by atoms with van der Waals surface area (Å²) < 4.78 is 17.2. The predicted molar refractivity (Wildman–Crippen MR) is 150 cm³/mol. The van der Waals surface area contributed by atoms with Crippen molar-refractivity contribution in [2.24, 2.45) is 0 Å². The van der Waals surface area contributed by atoms with Crippen LogP contribution >= 0.6 is 0 Å². The third kappa shape index (κ3) is 4.23. The molecule has 0 unspecified atom stereocenters. The first kappa shape index (κ1) is 25.4. The molecule has 0 aliphatic heterocycles. The Morgan fingerprint density at radius 3 is 1.90 bits per heavy atom. The molecule has 6 rings (SSSR count). The van der Waals surface area contributed by atoms with Crippen LogP contribution in [0.4, 0.5) is 0 Å². The van der Waals surface area contributed by atoms with E-state index in [0.717, 1.165) is 12.1 Å². The van der Waals surface area contributed by atoms with Crippen molar-refractivity contribution in [3.8, 4) is 68.3 Å². The van der Waals surface area contributed by atoms with Crippen LogP contribution < -0.4 is 15.6 Å². The molecule has 2 aromatic heterocycles. The Morgan fingerprint density at radius 1 is 0.610 bits per heavy atom. The van der Waals surface area contributed by atoms with Crippen molar-refractivity contribution in [3.05, 3.63) is 93.2 Å². The van der Waals surface area contributed by atoms with Gasteiger partial charge in [-0.3, -0.25) is 9.59 Å². The van der Waals surface area contributed by atoms with Crippen LogP contribution in [0.1, 0.15) is 0 Å². The molecule has 0 spiro atoms. The van der Waals surface area contributed by atoms with Crippen molar-refractivity contribution in [2.75, 3.05) is 7.11 Å². The Balaban J connectivity index is 1.55. The van der Waals surface area contributed by atoms with E-state index in [1.165, 1.54) is 55.6 Å². The van der Waals surface area contributed by atoms with Crippen molar-refractivity contribution in [3.63, 3.8) is 0 Å². The lowest BCUT2D eigenvalue weighted by atomic mass is 9.96. The van der Waals surface area contributed by atoms with Crippen LogP contribution in [-0.4, -0.2) is 32.6 Å². The summed E-state index contributed by atoms with van der Waals surface area (Å²) in [4.78, 5) is 25.9. The molecule has 6 aromatic rings. The van der Waals surface area contributed by atoms with Gasteiger partial charge in [0.2, 0.25) is 0 Å². The number of hydrogen-bond acceptors (Lipinski definition) is 10. The highest BCUT2D eigenvalue weighted by Gasteiger charge is 2.23. The average molecular weight is 552 g/mol. The van der Waals surface area contributed by atoms with Crippen LogP contribution in [0.5, 0.6) is 34.5 Å². The summed E-state index contributed by atoms with van der Waals surface area (Å²) >= 11 is 0. The Morgan fingerprint density at radius 2 is 1.22 bits per heavy atom. The van der Waals surface area contributed by atoms with Crippen LogP contribution in [0.15, 0.2) is 91.2 Å². The van der Waals surface area contributed by atoms with Gasteiger partial charge in [0.05, 0.1) is 12.7 Å². The van der Waals surface area contributed by atoms with Gasteiger partial charge in [0.1, 0.15) is 68.0 Å². The summed E-state index contributed by atoms with van der Waals surface area (Å²) in [6.07, 6.45) is 0. The maximum Gasteiger partial charge on any atom is 0.197 e. The van der Waals surface area contributed by atoms with E-state index in [9.17, 15) is 35.1 Å². The normalized spacial score (nSPS) is 11.2. The van der Waals surface area contributed by atoms with Gasteiger partial charge < -0.3 is 39.1 Å². The van der Waals surface area contributed by atoms with Crippen molar-refractivity contribution in [1.29, 1.82) is 0 Å². The number of phenols is 5. The van der Waals surface area contributed by atoms with Gasteiger partial charge in [0, 0.05) is 47.0 Å². The van der Waals surface area contributed by atoms with Crippen LogP contribution in [-0.2, 0) is 0 Å². The third-order valence-corrected chi connectivity index (χ3v) is 6.67. The molecular weight excluding hydrogens is 532 g/mol. The van der Waals surface area contributed by atoms with Gasteiger partial charge >= 0.3 is 0 Å². The Bertz CT molecular complexity index is 2120. The number of rotatable bonds is 4. The van der Waals surface area contributed by atoms with Gasteiger partial charge in [-0.2, -0.15) is 0 Å². The average Bonchev–Trinajstić information content (AvgIpc) is 2.92. The Kier molecular flexibility index (Phi) is 5.81. The second kappa shape index (κ2) is 9.38. The molecule has 0 atom stereocenters. The van der Waals surface area contributed by atoms with E-state index in [2.05, 4.69) is 0 Å². The molecule has 0 radical (unpaired) electrons. The standard InChI is InChI=1S/C31H20O10/c1-39-25-13-27-30(22(37)12-23(40-27)14-2-5-16(32)6-3-14)31(38)28(25)18-8-15(4-7-19(18)34)24-11-21(36)29-20(35)9-17(33)10-26(29)41-24/h2-13,32-35,38H,1H3. The third-order valence-electron chi connectivity index (χ3n) is 6.67. The van der Waals surface area contributed by atoms with Gasteiger partial charge in [0.25, 0.3) is 0 Å². The molecular formula is C31H20O10. The molecule has 0 amide bonds. The molecule has 4 aromatic carbocycles. The van der Waals surface area contributed by atoms with Crippen LogP contribution in [0.25, 0.3) is 55.7 Å². The van der Waals surface area contributed by atoms with Crippen LogP contribution in [0, 0.1) is 0 Å². The molecule has 0 aliphatic carbocycles. The Hall–Kier alpha value is -5.90. The summed E-state index contributed by atoms with van der Waals surface area (Å²) in [5, 5.41) is 51.3. The zero-order chi connectivity index (χ0) is 29.0. The topological polar surface area (TPSA) is 171 Å². The number of methoxy groups -OCH3 is 1. The molecule has 0 fully saturated rings. The number of benzene rings is 4. The lowest BCUT2D eigenvalue weighted by molar-refractivity contribution is 0.409. The zero-order valence-corrected chi connectivity index (χ0v) is 21.2. The number of aromatic hydroxyl groups is 5. The number of fused-ring (bicyclic) bond motifs is 2. The van der Waals surface area contributed by atoms with E-state index < -0.39 is 22.4 Å². The summed E-state index contributed by atoms with van der Waals surface area (Å²) in [6.45, 7) is 0. The number of phenolic OH excluding ortho intramolecular Hbond substituents is 5. The summed E-state index contributed by atoms with van der Waals surface area (Å²) in [7, 11) is 1.34. The van der Waals surface area contributed by atoms with E-state index in [-0.39, 0.29) is 67.6 Å². The minimum atomic E-state index is -0.568. The molecule has 0 aliphatic rings. The van der Waals surface area contributed by atoms with E-state index in [1.807, 2.05) is 0 Å². The van der Waals surface area contributed by atoms with Gasteiger partial charge in [-0.05, 0) is 42.5 Å². The zero-order valence-electron chi connectivity index (χ0n) is 21.2. The fourth-order valence-corrected chi connectivity index (χ4v) is 4.75. The lowest BCUT2D eigenvalue weighted by Crippen LogP contribution is -2.03. The fraction of sp³-hybridized carbons (Fsp3) is 0.0323. The highest BCUT2D eigenvalue weighted by atomic mass is 16.5. The van der Waals surface area contributed by atoms with E-state index in [4.69, 9.17) is 13.6 Å². The van der Waals surface area contributed by atoms with Crippen molar-refractivity contribution in [2.45, 2.75) is 0 Å². The molecule has 204 valence electrons. The van der Waals surface area contributed by atoms with Crippen molar-refractivity contribution >= 4 is 21.9 Å². The second-order valence-corrected chi connectivity index (χ2v) is 9.24. The summed E-state index contributed by atoms with van der Waals surface area (Å²) in [5.41, 5.74) is -0.302. The molecule has 0 saturated heterocycles. The quantitative estimate of drug-likeness (QED) is 0.190. The first-order chi connectivity index (χ1) is 19.6. The number of ether oxygens (including phenoxy) is 1. The Labute approximate surface area is 229 Å². The smallest absolute Gasteiger partial charge is 0.197 e. The highest BCUT2D eigenvalue weighted by molar-refractivity contribution is 5.97. The predicted octanol–water partition coefficient (Wildman–Crippen LogP) is 5.44.